The number of hydrogen-bond donors (Lipinski definition) is 0. The lowest BCUT2D eigenvalue weighted by Gasteiger charge is -2.39. The fourth-order valence-electron chi connectivity index (χ4n) is 5.48. The summed E-state index contributed by atoms with van der Waals surface area (Å²) in [6.07, 6.45) is 5.29. The van der Waals surface area contributed by atoms with Crippen LogP contribution in [0.3, 0.4) is 0 Å². The molecule has 3 aliphatic heterocycles. The molecule has 6 nitrogen and oxygen atoms in total. The number of anilines is 1. The molecule has 1 unspecified atom stereocenters. The van der Waals surface area contributed by atoms with Gasteiger partial charge in [-0.25, -0.2) is 0 Å². The molecule has 3 saturated heterocycles. The third-order valence-corrected chi connectivity index (χ3v) is 7.49. The largest absolute Gasteiger partial charge is 0.376 e. The van der Waals surface area contributed by atoms with Crippen molar-refractivity contribution in [2.75, 3.05) is 50.8 Å². The number of amides is 2. The number of benzene rings is 1. The second-order valence-corrected chi connectivity index (χ2v) is 10.3. The summed E-state index contributed by atoms with van der Waals surface area (Å²) in [7, 11) is 0. The van der Waals surface area contributed by atoms with E-state index in [-0.39, 0.29) is 11.5 Å². The fraction of sp³-hybridized carbons (Fsp3) is 0.692. The van der Waals surface area contributed by atoms with Crippen molar-refractivity contribution in [2.24, 2.45) is 11.8 Å². The number of piperazine rings is 1. The summed E-state index contributed by atoms with van der Waals surface area (Å²) < 4.78 is 5.77. The maximum Gasteiger partial charge on any atom is 0.225 e. The standard InChI is InChI=1S/C26H39N3O3/c1-26(2)20-22(12-19-32-26)25(31)29-13-10-21(11-14-29)8-9-24(30)28-17-15-27(16-18-28)23-6-4-3-5-7-23/h3-7,21-22H,8-20H2,1-2H3. The molecule has 6 heteroatoms. The van der Waals surface area contributed by atoms with Crippen molar-refractivity contribution in [3.8, 4) is 0 Å². The predicted octanol–water partition coefficient (Wildman–Crippen LogP) is 3.56. The lowest BCUT2D eigenvalue weighted by Crippen LogP contribution is -2.49. The first-order valence-electron chi connectivity index (χ1n) is 12.4. The van der Waals surface area contributed by atoms with E-state index in [4.69, 9.17) is 4.74 Å². The number of carbonyl (C=O) groups is 2. The van der Waals surface area contributed by atoms with Crippen molar-refractivity contribution in [1.82, 2.24) is 9.80 Å². The zero-order chi connectivity index (χ0) is 22.6. The zero-order valence-electron chi connectivity index (χ0n) is 19.8. The Labute approximate surface area is 192 Å². The van der Waals surface area contributed by atoms with Gasteiger partial charge in [-0.15, -0.1) is 0 Å². The van der Waals surface area contributed by atoms with E-state index in [1.54, 1.807) is 0 Å². The maximum absolute atomic E-state index is 13.0. The Balaban J connectivity index is 1.15. The molecule has 32 heavy (non-hydrogen) atoms. The van der Waals surface area contributed by atoms with E-state index >= 15 is 0 Å². The zero-order valence-corrected chi connectivity index (χ0v) is 19.8. The third-order valence-electron chi connectivity index (χ3n) is 7.49. The lowest BCUT2D eigenvalue weighted by molar-refractivity contribution is -0.147. The Bertz CT molecular complexity index is 766. The second-order valence-electron chi connectivity index (χ2n) is 10.3. The number of piperidine rings is 1. The highest BCUT2D eigenvalue weighted by Crippen LogP contribution is 2.31. The Kier molecular flexibility index (Phi) is 7.39. The van der Waals surface area contributed by atoms with Crippen LogP contribution in [0, 0.1) is 11.8 Å². The van der Waals surface area contributed by atoms with Crippen LogP contribution in [-0.2, 0) is 14.3 Å². The fourth-order valence-corrected chi connectivity index (χ4v) is 5.48. The summed E-state index contributed by atoms with van der Waals surface area (Å²) in [6.45, 7) is 9.94. The molecular formula is C26H39N3O3. The summed E-state index contributed by atoms with van der Waals surface area (Å²) in [5.74, 6) is 1.26. The van der Waals surface area contributed by atoms with Gasteiger partial charge in [0.1, 0.15) is 0 Å². The third kappa shape index (κ3) is 5.83. The van der Waals surface area contributed by atoms with Crippen molar-refractivity contribution in [3.05, 3.63) is 30.3 Å². The Morgan fingerprint density at radius 3 is 2.28 bits per heavy atom. The molecule has 1 aromatic rings. The minimum atomic E-state index is -0.191. The number of likely N-dealkylation sites (tertiary alicyclic amines) is 1. The highest BCUT2D eigenvalue weighted by molar-refractivity contribution is 5.79. The van der Waals surface area contributed by atoms with Crippen molar-refractivity contribution >= 4 is 17.5 Å². The number of ether oxygens (including phenoxy) is 1. The predicted molar refractivity (Wildman–Crippen MR) is 127 cm³/mol. The van der Waals surface area contributed by atoms with E-state index in [9.17, 15) is 9.59 Å². The van der Waals surface area contributed by atoms with Crippen LogP contribution < -0.4 is 4.90 Å². The van der Waals surface area contributed by atoms with Gasteiger partial charge in [-0.3, -0.25) is 9.59 Å². The summed E-state index contributed by atoms with van der Waals surface area (Å²) in [5.41, 5.74) is 1.05. The van der Waals surface area contributed by atoms with Crippen molar-refractivity contribution in [3.63, 3.8) is 0 Å². The van der Waals surface area contributed by atoms with Gasteiger partial charge in [0.2, 0.25) is 11.8 Å². The van der Waals surface area contributed by atoms with Crippen molar-refractivity contribution < 1.29 is 14.3 Å². The van der Waals surface area contributed by atoms with E-state index in [1.165, 1.54) is 5.69 Å². The number of rotatable bonds is 5. The molecule has 1 aromatic carbocycles. The first-order chi connectivity index (χ1) is 15.4. The van der Waals surface area contributed by atoms with Crippen LogP contribution >= 0.6 is 0 Å². The molecule has 0 bridgehead atoms. The minimum absolute atomic E-state index is 0.103. The SMILES string of the molecule is CC1(C)CC(C(=O)N2CCC(CCC(=O)N3CCN(c4ccccc4)CC3)CC2)CCO1. The van der Waals surface area contributed by atoms with Gasteiger partial charge in [-0.05, 0) is 64.0 Å². The minimum Gasteiger partial charge on any atom is -0.376 e. The molecule has 0 saturated carbocycles. The molecule has 3 fully saturated rings. The average Bonchev–Trinajstić information content (AvgIpc) is 2.82. The summed E-state index contributed by atoms with van der Waals surface area (Å²) in [6, 6.07) is 10.4. The van der Waals surface area contributed by atoms with Gasteiger partial charge in [0.15, 0.2) is 0 Å². The van der Waals surface area contributed by atoms with Crippen LogP contribution in [0.15, 0.2) is 30.3 Å². The van der Waals surface area contributed by atoms with Gasteiger partial charge in [0, 0.05) is 63.9 Å². The number of para-hydroxylation sites is 1. The maximum atomic E-state index is 13.0. The van der Waals surface area contributed by atoms with Gasteiger partial charge >= 0.3 is 0 Å². The van der Waals surface area contributed by atoms with Gasteiger partial charge in [0.05, 0.1) is 5.60 Å². The van der Waals surface area contributed by atoms with Crippen LogP contribution in [-0.4, -0.2) is 73.1 Å². The summed E-state index contributed by atoms with van der Waals surface area (Å²) in [4.78, 5) is 32.2. The smallest absolute Gasteiger partial charge is 0.225 e. The summed E-state index contributed by atoms with van der Waals surface area (Å²) in [5, 5.41) is 0. The van der Waals surface area contributed by atoms with E-state index < -0.39 is 0 Å². The first-order valence-corrected chi connectivity index (χ1v) is 12.4. The van der Waals surface area contributed by atoms with Crippen LogP contribution in [0.2, 0.25) is 0 Å². The molecule has 4 rings (SSSR count). The van der Waals surface area contributed by atoms with Gasteiger partial charge in [-0.1, -0.05) is 18.2 Å². The first kappa shape index (κ1) is 23.1. The highest BCUT2D eigenvalue weighted by Gasteiger charge is 2.36. The quantitative estimate of drug-likeness (QED) is 0.701. The van der Waals surface area contributed by atoms with Gasteiger partial charge < -0.3 is 19.4 Å². The van der Waals surface area contributed by atoms with E-state index in [0.29, 0.717) is 30.8 Å². The molecule has 0 aromatic heterocycles. The topological polar surface area (TPSA) is 53.1 Å². The van der Waals surface area contributed by atoms with Crippen molar-refractivity contribution in [1.29, 1.82) is 0 Å². The average molecular weight is 442 g/mol. The van der Waals surface area contributed by atoms with E-state index in [2.05, 4.69) is 47.9 Å². The molecule has 0 spiro atoms. The number of hydrogen-bond acceptors (Lipinski definition) is 4. The van der Waals surface area contributed by atoms with E-state index in [1.807, 2.05) is 11.0 Å². The summed E-state index contributed by atoms with van der Waals surface area (Å²) >= 11 is 0. The molecule has 176 valence electrons. The monoisotopic (exact) mass is 441 g/mol. The molecule has 0 N–H and O–H groups in total. The normalized spacial score (nSPS) is 24.4. The molecule has 3 aliphatic rings. The highest BCUT2D eigenvalue weighted by atomic mass is 16.5. The molecule has 2 amide bonds. The van der Waals surface area contributed by atoms with Crippen LogP contribution in [0.4, 0.5) is 5.69 Å². The number of carbonyl (C=O) groups excluding carboxylic acids is 2. The molecule has 0 aliphatic carbocycles. The van der Waals surface area contributed by atoms with E-state index in [0.717, 1.165) is 71.4 Å². The van der Waals surface area contributed by atoms with Gasteiger partial charge in [-0.2, -0.15) is 0 Å². The van der Waals surface area contributed by atoms with Crippen molar-refractivity contribution in [2.45, 2.75) is 58.0 Å². The number of nitrogens with zero attached hydrogens (tertiary/aromatic N) is 3. The Hall–Kier alpha value is -2.08. The molecular weight excluding hydrogens is 402 g/mol. The van der Waals surface area contributed by atoms with Gasteiger partial charge in [0.25, 0.3) is 0 Å². The molecule has 3 heterocycles. The van der Waals surface area contributed by atoms with Crippen LogP contribution in [0.1, 0.15) is 52.4 Å². The second kappa shape index (κ2) is 10.2. The van der Waals surface area contributed by atoms with Crippen LogP contribution in [0.5, 0.6) is 0 Å². The lowest BCUT2D eigenvalue weighted by atomic mass is 9.86. The van der Waals surface area contributed by atoms with Crippen LogP contribution in [0.25, 0.3) is 0 Å². The molecule has 1 atom stereocenters. The molecule has 0 radical (unpaired) electrons. The Morgan fingerprint density at radius 1 is 0.938 bits per heavy atom. The Morgan fingerprint density at radius 2 is 1.62 bits per heavy atom.